The van der Waals surface area contributed by atoms with Crippen LogP contribution in [-0.4, -0.2) is 41.8 Å². The molecule has 4 aromatic rings. The molecule has 1 fully saturated rings. The van der Waals surface area contributed by atoms with Crippen LogP contribution in [0.5, 0.6) is 5.75 Å². The van der Waals surface area contributed by atoms with Gasteiger partial charge in [-0.2, -0.15) is 0 Å². The van der Waals surface area contributed by atoms with E-state index in [2.05, 4.69) is 37.8 Å². The summed E-state index contributed by atoms with van der Waals surface area (Å²) in [5.74, 6) is 7.22. The summed E-state index contributed by atoms with van der Waals surface area (Å²) in [6.07, 6.45) is 1.47. The first-order valence-corrected chi connectivity index (χ1v) is 13.0. The fourth-order valence-electron chi connectivity index (χ4n) is 3.90. The molecular weight excluding hydrogens is 529 g/mol. The Bertz CT molecular complexity index is 1540. The van der Waals surface area contributed by atoms with E-state index in [9.17, 15) is 9.18 Å². The zero-order valence-corrected chi connectivity index (χ0v) is 21.8. The van der Waals surface area contributed by atoms with Gasteiger partial charge in [0.15, 0.2) is 5.82 Å². The van der Waals surface area contributed by atoms with Gasteiger partial charge >= 0.3 is 6.09 Å². The number of thiophene rings is 1. The molecule has 1 saturated heterocycles. The third kappa shape index (κ3) is 6.31. The van der Waals surface area contributed by atoms with Crippen LogP contribution in [0.2, 0.25) is 5.02 Å². The molecule has 2 atom stereocenters. The van der Waals surface area contributed by atoms with Crippen molar-refractivity contribution < 1.29 is 18.7 Å². The van der Waals surface area contributed by atoms with E-state index in [1.54, 1.807) is 24.3 Å². The number of nitrogens with one attached hydrogen (secondary N) is 3. The monoisotopic (exact) mass is 551 g/mol. The van der Waals surface area contributed by atoms with Gasteiger partial charge in [0, 0.05) is 25.7 Å². The van der Waals surface area contributed by atoms with Gasteiger partial charge in [0.25, 0.3) is 0 Å². The summed E-state index contributed by atoms with van der Waals surface area (Å²) in [5, 5.41) is 9.42. The molecule has 194 valence electrons. The zero-order valence-electron chi connectivity index (χ0n) is 20.3. The van der Waals surface area contributed by atoms with Crippen LogP contribution in [0.1, 0.15) is 16.9 Å². The van der Waals surface area contributed by atoms with E-state index in [1.807, 2.05) is 12.1 Å². The van der Waals surface area contributed by atoms with Gasteiger partial charge < -0.3 is 20.1 Å². The minimum atomic E-state index is -0.444. The molecule has 0 saturated carbocycles. The largest absolute Gasteiger partial charge is 0.487 e. The van der Waals surface area contributed by atoms with E-state index in [0.29, 0.717) is 35.1 Å². The van der Waals surface area contributed by atoms with Crippen LogP contribution < -0.4 is 20.7 Å². The van der Waals surface area contributed by atoms with Gasteiger partial charge in [-0.05, 0) is 42.0 Å². The second-order valence-electron chi connectivity index (χ2n) is 8.48. The van der Waals surface area contributed by atoms with E-state index in [1.165, 1.54) is 36.8 Å². The number of aromatic nitrogens is 2. The molecule has 0 spiro atoms. The number of rotatable bonds is 6. The molecule has 0 radical (unpaired) electrons. The minimum Gasteiger partial charge on any atom is -0.487 e. The van der Waals surface area contributed by atoms with Crippen LogP contribution in [0.3, 0.4) is 0 Å². The highest BCUT2D eigenvalue weighted by Crippen LogP contribution is 2.33. The number of hydrogen-bond donors (Lipinski definition) is 3. The van der Waals surface area contributed by atoms with E-state index in [0.717, 1.165) is 20.8 Å². The molecule has 3 heterocycles. The fraction of sp³-hybridized carbons (Fsp3) is 0.222. The molecule has 1 aliphatic rings. The summed E-state index contributed by atoms with van der Waals surface area (Å²) in [6, 6.07) is 13.4. The first kappa shape index (κ1) is 25.7. The Morgan fingerprint density at radius 2 is 2.16 bits per heavy atom. The number of carbonyl (C=O) groups excluding carboxylic acids is 1. The molecule has 2 unspecified atom stereocenters. The maximum absolute atomic E-state index is 13.4. The first-order chi connectivity index (χ1) is 18.5. The van der Waals surface area contributed by atoms with Crippen LogP contribution >= 0.6 is 22.9 Å². The maximum atomic E-state index is 13.4. The number of amides is 1. The summed E-state index contributed by atoms with van der Waals surface area (Å²) in [4.78, 5) is 21.0. The number of benzene rings is 2. The van der Waals surface area contributed by atoms with Gasteiger partial charge in [-0.3, -0.25) is 5.32 Å². The number of carbonyl (C=O) groups is 1. The summed E-state index contributed by atoms with van der Waals surface area (Å²) in [7, 11) is 1.53. The summed E-state index contributed by atoms with van der Waals surface area (Å²) in [5.41, 5.74) is 2.22. The Labute approximate surface area is 227 Å². The zero-order chi connectivity index (χ0) is 26.5. The average molecular weight is 552 g/mol. The van der Waals surface area contributed by atoms with Gasteiger partial charge in [-0.15, -0.1) is 11.3 Å². The van der Waals surface area contributed by atoms with Crippen molar-refractivity contribution in [2.75, 3.05) is 18.9 Å². The lowest BCUT2D eigenvalue weighted by Crippen LogP contribution is -2.27. The molecule has 2 aromatic heterocycles. The van der Waals surface area contributed by atoms with Crippen LogP contribution in [-0.2, 0) is 11.3 Å². The highest BCUT2D eigenvalue weighted by molar-refractivity contribution is 7.20. The second-order valence-corrected chi connectivity index (χ2v) is 9.94. The number of anilines is 2. The van der Waals surface area contributed by atoms with Crippen molar-refractivity contribution in [1.29, 1.82) is 0 Å². The van der Waals surface area contributed by atoms with Crippen LogP contribution in [0.4, 0.5) is 20.7 Å². The Morgan fingerprint density at radius 1 is 1.26 bits per heavy atom. The fourth-order valence-corrected chi connectivity index (χ4v) is 5.05. The molecule has 2 aromatic carbocycles. The number of ether oxygens (including phenoxy) is 2. The van der Waals surface area contributed by atoms with Crippen LogP contribution in [0.15, 0.2) is 54.9 Å². The third-order valence-electron chi connectivity index (χ3n) is 5.73. The van der Waals surface area contributed by atoms with Crippen LogP contribution in [0.25, 0.3) is 10.2 Å². The molecule has 0 bridgehead atoms. The molecule has 8 nitrogen and oxygen atoms in total. The Hall–Kier alpha value is -3.91. The van der Waals surface area contributed by atoms with Crippen molar-refractivity contribution in [2.45, 2.75) is 25.2 Å². The van der Waals surface area contributed by atoms with Gasteiger partial charge in [-0.1, -0.05) is 35.6 Å². The SMILES string of the molecule is CNC(=O)OC1CNC(C#Cc2cc3ncnc(Nc4ccc(OCc5cccc(F)c5)c(Cl)c4)c3s2)C1. The van der Waals surface area contributed by atoms with Crippen molar-refractivity contribution in [3.8, 4) is 17.6 Å². The topological polar surface area (TPSA) is 97.4 Å². The molecule has 3 N–H and O–H groups in total. The van der Waals surface area contributed by atoms with E-state index < -0.39 is 6.09 Å². The average Bonchev–Trinajstić information content (AvgIpc) is 3.54. The minimum absolute atomic E-state index is 0.0673. The summed E-state index contributed by atoms with van der Waals surface area (Å²) in [6.45, 7) is 0.768. The van der Waals surface area contributed by atoms with Crippen molar-refractivity contribution in [3.63, 3.8) is 0 Å². The van der Waals surface area contributed by atoms with Gasteiger partial charge in [0.05, 0.1) is 26.2 Å². The number of alkyl carbamates (subject to hydrolysis) is 1. The number of halogens is 2. The van der Waals surface area contributed by atoms with Crippen molar-refractivity contribution >= 4 is 50.8 Å². The van der Waals surface area contributed by atoms with Gasteiger partial charge in [0.1, 0.15) is 30.6 Å². The molecule has 11 heteroatoms. The van der Waals surface area contributed by atoms with Crippen molar-refractivity contribution in [3.05, 3.63) is 76.1 Å². The highest BCUT2D eigenvalue weighted by Gasteiger charge is 2.25. The Morgan fingerprint density at radius 3 is 2.97 bits per heavy atom. The predicted molar refractivity (Wildman–Crippen MR) is 145 cm³/mol. The van der Waals surface area contributed by atoms with Crippen LogP contribution in [0, 0.1) is 17.7 Å². The smallest absolute Gasteiger partial charge is 0.407 e. The highest BCUT2D eigenvalue weighted by atomic mass is 35.5. The van der Waals surface area contributed by atoms with Crippen molar-refractivity contribution in [1.82, 2.24) is 20.6 Å². The quantitative estimate of drug-likeness (QED) is 0.282. The Balaban J connectivity index is 1.25. The Kier molecular flexibility index (Phi) is 7.89. The standard InChI is InChI=1S/C27H23ClFN5O3S/c1-30-27(35)37-20-10-18(31-13-20)5-7-21-12-23-25(38-21)26(33-15-32-23)34-19-6-8-24(22(28)11-19)36-14-16-3-2-4-17(29)9-16/h2-4,6,8-9,11-12,15,18,20,31H,10,13-14H2,1H3,(H,30,35)(H,32,33,34). The molecule has 5 rings (SSSR count). The lowest BCUT2D eigenvalue weighted by atomic mass is 10.2. The maximum Gasteiger partial charge on any atom is 0.407 e. The molecule has 1 amide bonds. The third-order valence-corrected chi connectivity index (χ3v) is 7.07. The lowest BCUT2D eigenvalue weighted by Gasteiger charge is -2.11. The number of fused-ring (bicyclic) bond motifs is 1. The van der Waals surface area contributed by atoms with E-state index in [4.69, 9.17) is 21.1 Å². The number of hydrogen-bond acceptors (Lipinski definition) is 8. The lowest BCUT2D eigenvalue weighted by molar-refractivity contribution is 0.109. The van der Waals surface area contributed by atoms with Gasteiger partial charge in [-0.25, -0.2) is 19.2 Å². The van der Waals surface area contributed by atoms with E-state index in [-0.39, 0.29) is 24.6 Å². The predicted octanol–water partition coefficient (Wildman–Crippen LogP) is 5.24. The first-order valence-electron chi connectivity index (χ1n) is 11.8. The molecule has 0 aliphatic carbocycles. The summed E-state index contributed by atoms with van der Waals surface area (Å²) < 4.78 is 25.3. The molecular formula is C27H23ClFN5O3S. The van der Waals surface area contributed by atoms with E-state index >= 15 is 0 Å². The second kappa shape index (κ2) is 11.6. The molecule has 38 heavy (non-hydrogen) atoms. The number of nitrogens with zero attached hydrogens (tertiary/aromatic N) is 2. The normalized spacial score (nSPS) is 16.5. The van der Waals surface area contributed by atoms with Crippen molar-refractivity contribution in [2.24, 2.45) is 0 Å². The van der Waals surface area contributed by atoms with Gasteiger partial charge in [0.2, 0.25) is 0 Å². The summed E-state index contributed by atoms with van der Waals surface area (Å²) >= 11 is 7.92. The molecule has 1 aliphatic heterocycles.